The van der Waals surface area contributed by atoms with E-state index in [0.29, 0.717) is 15.0 Å². The predicted octanol–water partition coefficient (Wildman–Crippen LogP) is 3.25. The van der Waals surface area contributed by atoms with E-state index in [1.165, 1.54) is 16.1 Å². The minimum atomic E-state index is -0.0836. The normalized spacial score (nSPS) is 10.8. The van der Waals surface area contributed by atoms with Crippen molar-refractivity contribution in [1.29, 1.82) is 0 Å². The first-order valence-corrected chi connectivity index (χ1v) is 7.44. The summed E-state index contributed by atoms with van der Waals surface area (Å²) < 4.78 is 0.588. The van der Waals surface area contributed by atoms with E-state index in [1.54, 1.807) is 12.1 Å². The molecule has 3 rings (SSSR count). The van der Waals surface area contributed by atoms with Crippen molar-refractivity contribution in [3.63, 3.8) is 0 Å². The van der Waals surface area contributed by atoms with Gasteiger partial charge < -0.3 is 0 Å². The van der Waals surface area contributed by atoms with Crippen LogP contribution in [-0.4, -0.2) is 26.0 Å². The molecule has 0 N–H and O–H groups in total. The summed E-state index contributed by atoms with van der Waals surface area (Å²) in [5.74, 6) is 0.423. The highest BCUT2D eigenvalue weighted by atomic mass is 35.5. The average molecular weight is 319 g/mol. The van der Waals surface area contributed by atoms with Gasteiger partial charge in [-0.05, 0) is 24.3 Å². The van der Waals surface area contributed by atoms with Crippen molar-refractivity contribution in [2.24, 2.45) is 0 Å². The number of benzene rings is 1. The highest BCUT2D eigenvalue weighted by Crippen LogP contribution is 2.22. The standard InChI is InChI=1S/C14H11ClN4OS/c1-9-2-4-10(5-3-9)14-16-18-19(17-14)8-11(20)12-6-7-13(15)21-12/h2-7H,8H2,1H3. The van der Waals surface area contributed by atoms with Crippen LogP contribution in [0.2, 0.25) is 4.34 Å². The summed E-state index contributed by atoms with van der Waals surface area (Å²) >= 11 is 7.07. The van der Waals surface area contributed by atoms with Crippen molar-refractivity contribution in [2.45, 2.75) is 13.5 Å². The SMILES string of the molecule is Cc1ccc(-c2nnn(CC(=O)c3ccc(Cl)s3)n2)cc1. The molecule has 0 aliphatic heterocycles. The van der Waals surface area contributed by atoms with E-state index < -0.39 is 0 Å². The van der Waals surface area contributed by atoms with Crippen LogP contribution in [0.25, 0.3) is 11.4 Å². The van der Waals surface area contributed by atoms with Crippen LogP contribution in [0.15, 0.2) is 36.4 Å². The van der Waals surface area contributed by atoms with Crippen molar-refractivity contribution >= 4 is 28.7 Å². The van der Waals surface area contributed by atoms with Gasteiger partial charge in [-0.1, -0.05) is 41.4 Å². The van der Waals surface area contributed by atoms with Crippen molar-refractivity contribution in [3.05, 3.63) is 51.2 Å². The van der Waals surface area contributed by atoms with Crippen molar-refractivity contribution in [3.8, 4) is 11.4 Å². The van der Waals surface area contributed by atoms with Gasteiger partial charge in [-0.3, -0.25) is 4.79 Å². The molecule has 21 heavy (non-hydrogen) atoms. The van der Waals surface area contributed by atoms with Crippen molar-refractivity contribution in [2.75, 3.05) is 0 Å². The Labute approximate surface area is 130 Å². The second-order valence-electron chi connectivity index (χ2n) is 4.54. The maximum Gasteiger partial charge on any atom is 0.204 e. The minimum Gasteiger partial charge on any atom is -0.291 e. The zero-order valence-corrected chi connectivity index (χ0v) is 12.7. The summed E-state index contributed by atoms with van der Waals surface area (Å²) in [6.45, 7) is 2.06. The summed E-state index contributed by atoms with van der Waals surface area (Å²) in [5.41, 5.74) is 2.04. The van der Waals surface area contributed by atoms with Crippen LogP contribution in [0.4, 0.5) is 0 Å². The van der Waals surface area contributed by atoms with Gasteiger partial charge in [0.25, 0.3) is 0 Å². The Hall–Kier alpha value is -2.05. The molecular formula is C14H11ClN4OS. The molecule has 0 radical (unpaired) electrons. The number of aryl methyl sites for hydroxylation is 1. The molecule has 0 amide bonds. The lowest BCUT2D eigenvalue weighted by atomic mass is 10.1. The van der Waals surface area contributed by atoms with Crippen molar-refractivity contribution < 1.29 is 4.79 Å². The quantitative estimate of drug-likeness (QED) is 0.693. The average Bonchev–Trinajstić information content (AvgIpc) is 3.09. The van der Waals surface area contributed by atoms with E-state index >= 15 is 0 Å². The zero-order chi connectivity index (χ0) is 14.8. The Morgan fingerprint density at radius 3 is 2.67 bits per heavy atom. The Morgan fingerprint density at radius 2 is 2.00 bits per heavy atom. The fourth-order valence-corrected chi connectivity index (χ4v) is 2.77. The van der Waals surface area contributed by atoms with Gasteiger partial charge in [-0.2, -0.15) is 4.80 Å². The van der Waals surface area contributed by atoms with Crippen LogP contribution in [0.1, 0.15) is 15.2 Å². The second kappa shape index (κ2) is 5.75. The number of Topliss-reactive ketones (excluding diaryl/α,β-unsaturated/α-hetero) is 1. The van der Waals surface area contributed by atoms with Gasteiger partial charge in [0.1, 0.15) is 6.54 Å². The molecule has 0 fully saturated rings. The molecule has 2 heterocycles. The van der Waals surface area contributed by atoms with Crippen LogP contribution in [0.3, 0.4) is 0 Å². The van der Waals surface area contributed by atoms with E-state index in [4.69, 9.17) is 11.6 Å². The van der Waals surface area contributed by atoms with Gasteiger partial charge >= 0.3 is 0 Å². The number of aromatic nitrogens is 4. The first-order chi connectivity index (χ1) is 10.1. The van der Waals surface area contributed by atoms with Crippen LogP contribution < -0.4 is 0 Å². The second-order valence-corrected chi connectivity index (χ2v) is 6.25. The summed E-state index contributed by atoms with van der Waals surface area (Å²) in [6, 6.07) is 11.2. The number of tetrazole rings is 1. The number of carbonyl (C=O) groups excluding carboxylic acids is 1. The molecule has 0 saturated heterocycles. The largest absolute Gasteiger partial charge is 0.291 e. The Kier molecular flexibility index (Phi) is 3.81. The van der Waals surface area contributed by atoms with Crippen LogP contribution in [0, 0.1) is 6.92 Å². The van der Waals surface area contributed by atoms with Gasteiger partial charge in [0, 0.05) is 5.56 Å². The molecule has 0 bridgehead atoms. The highest BCUT2D eigenvalue weighted by Gasteiger charge is 2.12. The third kappa shape index (κ3) is 3.17. The third-order valence-corrected chi connectivity index (χ3v) is 4.17. The van der Waals surface area contributed by atoms with E-state index in [9.17, 15) is 4.79 Å². The van der Waals surface area contributed by atoms with Gasteiger partial charge in [-0.25, -0.2) is 0 Å². The molecule has 0 aliphatic carbocycles. The number of carbonyl (C=O) groups is 1. The number of ketones is 1. The smallest absolute Gasteiger partial charge is 0.204 e. The summed E-state index contributed by atoms with van der Waals surface area (Å²) in [7, 11) is 0. The lowest BCUT2D eigenvalue weighted by Crippen LogP contribution is -2.12. The molecule has 0 aliphatic rings. The minimum absolute atomic E-state index is 0.0513. The molecule has 3 aromatic rings. The molecule has 0 atom stereocenters. The zero-order valence-electron chi connectivity index (χ0n) is 11.2. The van der Waals surface area contributed by atoms with Gasteiger partial charge in [-0.15, -0.1) is 21.5 Å². The number of hydrogen-bond acceptors (Lipinski definition) is 5. The first-order valence-electron chi connectivity index (χ1n) is 6.25. The molecular weight excluding hydrogens is 308 g/mol. The van der Waals surface area contributed by atoms with Gasteiger partial charge in [0.05, 0.1) is 9.21 Å². The predicted molar refractivity (Wildman–Crippen MR) is 81.6 cm³/mol. The number of rotatable bonds is 4. The van der Waals surface area contributed by atoms with Crippen molar-refractivity contribution in [1.82, 2.24) is 20.2 Å². The van der Waals surface area contributed by atoms with Gasteiger partial charge in [0.2, 0.25) is 5.82 Å². The molecule has 0 saturated carbocycles. The van der Waals surface area contributed by atoms with E-state index in [0.717, 1.165) is 11.1 Å². The molecule has 1 aromatic carbocycles. The van der Waals surface area contributed by atoms with E-state index in [1.807, 2.05) is 31.2 Å². The first kappa shape index (κ1) is 13.9. The molecule has 106 valence electrons. The third-order valence-electron chi connectivity index (χ3n) is 2.90. The summed E-state index contributed by atoms with van der Waals surface area (Å²) in [4.78, 5) is 13.9. The summed E-state index contributed by atoms with van der Waals surface area (Å²) in [5, 5.41) is 12.1. The Bertz CT molecular complexity index is 778. The summed E-state index contributed by atoms with van der Waals surface area (Å²) in [6.07, 6.45) is 0. The lowest BCUT2D eigenvalue weighted by molar-refractivity contribution is 0.0965. The van der Waals surface area contributed by atoms with E-state index in [2.05, 4.69) is 15.4 Å². The monoisotopic (exact) mass is 318 g/mol. The number of thiophene rings is 1. The van der Waals surface area contributed by atoms with Gasteiger partial charge in [0.15, 0.2) is 5.78 Å². The molecule has 7 heteroatoms. The number of hydrogen-bond donors (Lipinski definition) is 0. The molecule has 2 aromatic heterocycles. The van der Waals surface area contributed by atoms with E-state index in [-0.39, 0.29) is 12.3 Å². The number of halogens is 1. The maximum atomic E-state index is 12.0. The maximum absolute atomic E-state index is 12.0. The molecule has 0 unspecified atom stereocenters. The Morgan fingerprint density at radius 1 is 1.24 bits per heavy atom. The topological polar surface area (TPSA) is 60.7 Å². The highest BCUT2D eigenvalue weighted by molar-refractivity contribution is 7.18. The number of nitrogens with zero attached hydrogens (tertiary/aromatic N) is 4. The van der Waals surface area contributed by atoms with Crippen LogP contribution >= 0.6 is 22.9 Å². The van der Waals surface area contributed by atoms with Crippen LogP contribution in [0.5, 0.6) is 0 Å². The molecule has 0 spiro atoms. The van der Waals surface area contributed by atoms with Crippen LogP contribution in [-0.2, 0) is 6.54 Å². The fraction of sp³-hybridized carbons (Fsp3) is 0.143. The Balaban J connectivity index is 1.76. The lowest BCUT2D eigenvalue weighted by Gasteiger charge is -1.96. The molecule has 5 nitrogen and oxygen atoms in total. The fourth-order valence-electron chi connectivity index (χ4n) is 1.80.